The molecule has 0 aliphatic rings. The lowest BCUT2D eigenvalue weighted by Crippen LogP contribution is -2.32. The number of hydrogen-bond acceptors (Lipinski definition) is 4. The van der Waals surface area contributed by atoms with Gasteiger partial charge in [-0.3, -0.25) is 0 Å². The van der Waals surface area contributed by atoms with Crippen LogP contribution in [-0.4, -0.2) is 44.1 Å². The standard InChI is InChI=1S/C7H10F3N3O2/c8-7(9,10)6(15)4-13-3-5(1-2-14)11-12-13/h3,6,14-15H,1-2,4H2. The minimum absolute atomic E-state index is 0.152. The topological polar surface area (TPSA) is 71.2 Å². The summed E-state index contributed by atoms with van der Waals surface area (Å²) in [6.07, 6.45) is -5.64. The van der Waals surface area contributed by atoms with Gasteiger partial charge in [-0.1, -0.05) is 5.21 Å². The fourth-order valence-electron chi connectivity index (χ4n) is 0.938. The van der Waals surface area contributed by atoms with Crippen molar-refractivity contribution >= 4 is 0 Å². The predicted molar refractivity (Wildman–Crippen MR) is 42.9 cm³/mol. The highest BCUT2D eigenvalue weighted by molar-refractivity contribution is 4.92. The molecule has 1 rings (SSSR count). The van der Waals surface area contributed by atoms with Gasteiger partial charge in [0.25, 0.3) is 0 Å². The van der Waals surface area contributed by atoms with E-state index >= 15 is 0 Å². The van der Waals surface area contributed by atoms with Crippen molar-refractivity contribution in [3.8, 4) is 0 Å². The molecule has 1 atom stereocenters. The molecule has 0 aliphatic carbocycles. The first-order valence-corrected chi connectivity index (χ1v) is 4.18. The number of aliphatic hydroxyl groups is 2. The molecular formula is C7H10F3N3O2. The lowest BCUT2D eigenvalue weighted by Gasteiger charge is -2.13. The van der Waals surface area contributed by atoms with Crippen molar-refractivity contribution in [2.75, 3.05) is 6.61 Å². The van der Waals surface area contributed by atoms with Crippen LogP contribution in [0.2, 0.25) is 0 Å². The Kier molecular flexibility index (Phi) is 3.64. The second kappa shape index (κ2) is 4.58. The van der Waals surface area contributed by atoms with Crippen LogP contribution < -0.4 is 0 Å². The predicted octanol–water partition coefficient (Wildman–Crippen LogP) is -0.264. The van der Waals surface area contributed by atoms with Gasteiger partial charge in [-0.2, -0.15) is 13.2 Å². The van der Waals surface area contributed by atoms with Crippen LogP contribution in [0.25, 0.3) is 0 Å². The molecular weight excluding hydrogens is 215 g/mol. The van der Waals surface area contributed by atoms with Gasteiger partial charge in [0, 0.05) is 19.2 Å². The summed E-state index contributed by atoms with van der Waals surface area (Å²) in [5.74, 6) is 0. The van der Waals surface area contributed by atoms with Crippen LogP contribution in [0.4, 0.5) is 13.2 Å². The highest BCUT2D eigenvalue weighted by Gasteiger charge is 2.38. The van der Waals surface area contributed by atoms with Gasteiger partial charge >= 0.3 is 6.18 Å². The van der Waals surface area contributed by atoms with Crippen molar-refractivity contribution in [1.29, 1.82) is 0 Å². The zero-order chi connectivity index (χ0) is 11.5. The molecule has 1 aromatic heterocycles. The summed E-state index contributed by atoms with van der Waals surface area (Å²) in [5.41, 5.74) is 0.381. The summed E-state index contributed by atoms with van der Waals surface area (Å²) in [7, 11) is 0. The third-order valence-electron chi connectivity index (χ3n) is 1.69. The van der Waals surface area contributed by atoms with E-state index in [4.69, 9.17) is 10.2 Å². The highest BCUT2D eigenvalue weighted by atomic mass is 19.4. The lowest BCUT2D eigenvalue weighted by molar-refractivity contribution is -0.208. The Hall–Kier alpha value is -1.15. The Morgan fingerprint density at radius 3 is 2.67 bits per heavy atom. The Labute approximate surface area is 83.1 Å². The molecule has 1 aromatic rings. The van der Waals surface area contributed by atoms with Crippen LogP contribution in [0.5, 0.6) is 0 Å². The Morgan fingerprint density at radius 1 is 1.47 bits per heavy atom. The van der Waals surface area contributed by atoms with Gasteiger partial charge in [-0.15, -0.1) is 5.10 Å². The fraction of sp³-hybridized carbons (Fsp3) is 0.714. The van der Waals surface area contributed by atoms with E-state index in [1.807, 2.05) is 0 Å². The summed E-state index contributed by atoms with van der Waals surface area (Å²) < 4.78 is 36.7. The van der Waals surface area contributed by atoms with Crippen molar-refractivity contribution < 1.29 is 23.4 Å². The van der Waals surface area contributed by atoms with Crippen molar-refractivity contribution in [2.24, 2.45) is 0 Å². The van der Waals surface area contributed by atoms with Gasteiger partial charge in [0.1, 0.15) is 0 Å². The molecule has 0 fully saturated rings. The molecule has 1 unspecified atom stereocenters. The first-order valence-electron chi connectivity index (χ1n) is 4.18. The van der Waals surface area contributed by atoms with E-state index in [0.29, 0.717) is 5.69 Å². The molecule has 1 heterocycles. The van der Waals surface area contributed by atoms with E-state index in [1.54, 1.807) is 0 Å². The molecule has 0 bridgehead atoms. The molecule has 8 heteroatoms. The first kappa shape index (κ1) is 11.9. The SMILES string of the molecule is OCCc1cn(CC(O)C(F)(F)F)nn1. The highest BCUT2D eigenvalue weighted by Crippen LogP contribution is 2.20. The first-order chi connectivity index (χ1) is 6.93. The van der Waals surface area contributed by atoms with Gasteiger partial charge in [0.05, 0.1) is 12.2 Å². The minimum Gasteiger partial charge on any atom is -0.396 e. The largest absolute Gasteiger partial charge is 0.416 e. The van der Waals surface area contributed by atoms with Gasteiger partial charge in [-0.05, 0) is 0 Å². The minimum atomic E-state index is -4.66. The van der Waals surface area contributed by atoms with E-state index < -0.39 is 18.8 Å². The molecule has 0 aromatic carbocycles. The third-order valence-corrected chi connectivity index (χ3v) is 1.69. The molecule has 0 aliphatic heterocycles. The number of rotatable bonds is 4. The van der Waals surface area contributed by atoms with Crippen molar-refractivity contribution in [3.05, 3.63) is 11.9 Å². The fourth-order valence-corrected chi connectivity index (χ4v) is 0.938. The summed E-state index contributed by atoms with van der Waals surface area (Å²) in [4.78, 5) is 0. The van der Waals surface area contributed by atoms with Crippen molar-refractivity contribution in [3.63, 3.8) is 0 Å². The molecule has 0 amide bonds. The molecule has 0 saturated carbocycles. The number of aliphatic hydroxyl groups excluding tert-OH is 2. The molecule has 5 nitrogen and oxygen atoms in total. The Bertz CT molecular complexity index is 313. The maximum Gasteiger partial charge on any atom is 0.416 e. The molecule has 0 radical (unpaired) electrons. The lowest BCUT2D eigenvalue weighted by atomic mass is 10.3. The molecule has 2 N–H and O–H groups in total. The van der Waals surface area contributed by atoms with Crippen LogP contribution in [0, 0.1) is 0 Å². The van der Waals surface area contributed by atoms with Crippen molar-refractivity contribution in [2.45, 2.75) is 25.2 Å². The quantitative estimate of drug-likeness (QED) is 0.740. The third kappa shape index (κ3) is 3.48. The number of nitrogens with zero attached hydrogens (tertiary/aromatic N) is 3. The average molecular weight is 225 g/mol. The summed E-state index contributed by atoms with van der Waals surface area (Å²) >= 11 is 0. The monoisotopic (exact) mass is 225 g/mol. The van der Waals surface area contributed by atoms with Crippen LogP contribution >= 0.6 is 0 Å². The zero-order valence-corrected chi connectivity index (χ0v) is 7.65. The summed E-state index contributed by atoms with van der Waals surface area (Å²) in [6.45, 7) is -0.845. The normalized spacial score (nSPS) is 14.2. The molecule has 15 heavy (non-hydrogen) atoms. The van der Waals surface area contributed by atoms with Gasteiger partial charge < -0.3 is 10.2 Å². The number of aromatic nitrogens is 3. The molecule has 0 spiro atoms. The van der Waals surface area contributed by atoms with Crippen LogP contribution in [0.15, 0.2) is 6.20 Å². The average Bonchev–Trinajstić information content (AvgIpc) is 2.51. The summed E-state index contributed by atoms with van der Waals surface area (Å²) in [5, 5.41) is 24.1. The van der Waals surface area contributed by atoms with E-state index in [0.717, 1.165) is 4.68 Å². The van der Waals surface area contributed by atoms with Crippen LogP contribution in [-0.2, 0) is 13.0 Å². The second-order valence-electron chi connectivity index (χ2n) is 2.96. The van der Waals surface area contributed by atoms with Gasteiger partial charge in [0.15, 0.2) is 6.10 Å². The van der Waals surface area contributed by atoms with Crippen LogP contribution in [0.3, 0.4) is 0 Å². The van der Waals surface area contributed by atoms with Crippen molar-refractivity contribution in [1.82, 2.24) is 15.0 Å². The Morgan fingerprint density at radius 2 is 2.13 bits per heavy atom. The van der Waals surface area contributed by atoms with E-state index in [1.165, 1.54) is 6.20 Å². The van der Waals surface area contributed by atoms with Crippen LogP contribution in [0.1, 0.15) is 5.69 Å². The van der Waals surface area contributed by atoms with Gasteiger partial charge in [-0.25, -0.2) is 4.68 Å². The maximum atomic E-state index is 11.9. The Balaban J connectivity index is 2.57. The van der Waals surface area contributed by atoms with Gasteiger partial charge in [0.2, 0.25) is 0 Å². The second-order valence-corrected chi connectivity index (χ2v) is 2.96. The number of alkyl halides is 3. The molecule has 86 valence electrons. The van der Waals surface area contributed by atoms with E-state index in [-0.39, 0.29) is 13.0 Å². The number of halogens is 3. The number of hydrogen-bond donors (Lipinski definition) is 2. The van der Waals surface area contributed by atoms with E-state index in [9.17, 15) is 13.2 Å². The molecule has 0 saturated heterocycles. The zero-order valence-electron chi connectivity index (χ0n) is 7.65. The summed E-state index contributed by atoms with van der Waals surface area (Å²) in [6, 6.07) is 0. The van der Waals surface area contributed by atoms with E-state index in [2.05, 4.69) is 10.3 Å². The maximum absolute atomic E-state index is 11.9. The smallest absolute Gasteiger partial charge is 0.396 e.